The monoisotopic (exact) mass is 436 g/mol. The third-order valence-electron chi connectivity index (χ3n) is 7.28. The van der Waals surface area contributed by atoms with Gasteiger partial charge in [-0.1, -0.05) is 36.8 Å². The number of rotatable bonds is 5. The van der Waals surface area contributed by atoms with E-state index >= 15 is 0 Å². The fourth-order valence-corrected chi connectivity index (χ4v) is 5.02. The lowest BCUT2D eigenvalue weighted by atomic mass is 9.85. The molecule has 8 nitrogen and oxygen atoms in total. The van der Waals surface area contributed by atoms with Crippen molar-refractivity contribution in [1.82, 2.24) is 25.3 Å². The number of H-pyrrole nitrogens is 1. The lowest BCUT2D eigenvalue weighted by Crippen LogP contribution is -2.50. The number of fused-ring (bicyclic) bond motifs is 1. The first-order chi connectivity index (χ1) is 15.4. The molecule has 2 aromatic rings. The summed E-state index contributed by atoms with van der Waals surface area (Å²) in [5.41, 5.74) is 2.58. The molecule has 3 N–H and O–H groups in total. The van der Waals surface area contributed by atoms with Gasteiger partial charge in [-0.05, 0) is 38.7 Å². The molecule has 8 heteroatoms. The van der Waals surface area contributed by atoms with Crippen LogP contribution in [0.3, 0.4) is 0 Å². The van der Waals surface area contributed by atoms with Crippen LogP contribution in [-0.2, 0) is 23.4 Å². The molecule has 3 amide bonds. The van der Waals surface area contributed by atoms with Gasteiger partial charge in [-0.25, -0.2) is 4.79 Å². The molecule has 1 aliphatic carbocycles. The van der Waals surface area contributed by atoms with Gasteiger partial charge in [0.05, 0.1) is 17.8 Å². The standard InChI is InChI=1S/C24H32N6O2/c1-24(2)20-19(21(28-27-20)26-22(31)17-9-6-10-17)15-30(24)23(32)25-18-11-12-29(14-18)13-16-7-4-3-5-8-16/h3-5,7-8,17-18H,6,9-15H2,1-2H3,(H,25,32)(H2,26,27,28,31)/t18-/m1/s1. The van der Waals surface area contributed by atoms with Gasteiger partial charge in [-0.3, -0.25) is 14.8 Å². The summed E-state index contributed by atoms with van der Waals surface area (Å²) in [6.07, 6.45) is 3.95. The highest BCUT2D eigenvalue weighted by molar-refractivity contribution is 5.93. The normalized spacial score (nSPS) is 22.4. The van der Waals surface area contributed by atoms with E-state index in [0.717, 1.165) is 56.6 Å². The minimum atomic E-state index is -0.520. The highest BCUT2D eigenvalue weighted by Crippen LogP contribution is 2.41. The second-order valence-electron chi connectivity index (χ2n) is 9.84. The number of nitrogens with zero attached hydrogens (tertiary/aromatic N) is 3. The van der Waals surface area contributed by atoms with Crippen LogP contribution in [0.25, 0.3) is 0 Å². The average Bonchev–Trinajstić information content (AvgIpc) is 3.38. The zero-order valence-corrected chi connectivity index (χ0v) is 18.9. The largest absolute Gasteiger partial charge is 0.334 e. The number of urea groups is 1. The van der Waals surface area contributed by atoms with Crippen molar-refractivity contribution in [3.05, 3.63) is 47.2 Å². The Morgan fingerprint density at radius 1 is 1.19 bits per heavy atom. The summed E-state index contributed by atoms with van der Waals surface area (Å²) in [7, 11) is 0. The summed E-state index contributed by atoms with van der Waals surface area (Å²) in [5, 5.41) is 13.6. The second-order valence-corrected chi connectivity index (χ2v) is 9.84. The van der Waals surface area contributed by atoms with E-state index in [0.29, 0.717) is 12.4 Å². The van der Waals surface area contributed by atoms with Crippen molar-refractivity contribution < 1.29 is 9.59 Å². The molecule has 2 aliphatic heterocycles. The van der Waals surface area contributed by atoms with E-state index in [9.17, 15) is 9.59 Å². The second kappa shape index (κ2) is 8.24. The lowest BCUT2D eigenvalue weighted by Gasteiger charge is -2.33. The van der Waals surface area contributed by atoms with Crippen molar-refractivity contribution in [2.45, 2.75) is 64.2 Å². The number of amides is 3. The van der Waals surface area contributed by atoms with E-state index in [-0.39, 0.29) is 23.9 Å². The van der Waals surface area contributed by atoms with Crippen molar-refractivity contribution in [3.8, 4) is 0 Å². The van der Waals surface area contributed by atoms with Gasteiger partial charge in [0.15, 0.2) is 5.82 Å². The number of carbonyl (C=O) groups excluding carboxylic acids is 2. The molecular weight excluding hydrogens is 404 g/mol. The molecule has 170 valence electrons. The Balaban J connectivity index is 1.20. The van der Waals surface area contributed by atoms with E-state index in [1.54, 1.807) is 0 Å². The topological polar surface area (TPSA) is 93.4 Å². The molecule has 1 atom stereocenters. The molecular formula is C24H32N6O2. The number of anilines is 1. The summed E-state index contributed by atoms with van der Waals surface area (Å²) < 4.78 is 0. The molecule has 5 rings (SSSR count). The Morgan fingerprint density at radius 3 is 2.69 bits per heavy atom. The number of nitrogens with one attached hydrogen (secondary N) is 3. The Bertz CT molecular complexity index is 997. The predicted molar refractivity (Wildman–Crippen MR) is 122 cm³/mol. The van der Waals surface area contributed by atoms with Crippen molar-refractivity contribution in [3.63, 3.8) is 0 Å². The van der Waals surface area contributed by atoms with E-state index in [1.165, 1.54) is 5.56 Å². The van der Waals surface area contributed by atoms with Gasteiger partial charge in [-0.15, -0.1) is 0 Å². The molecule has 3 aliphatic rings. The smallest absolute Gasteiger partial charge is 0.318 e. The van der Waals surface area contributed by atoms with Crippen LogP contribution in [0.4, 0.5) is 10.6 Å². The Morgan fingerprint density at radius 2 is 1.97 bits per heavy atom. The molecule has 0 bridgehead atoms. The van der Waals surface area contributed by atoms with Crippen LogP contribution in [0.2, 0.25) is 0 Å². The molecule has 2 fully saturated rings. The third kappa shape index (κ3) is 3.88. The maximum absolute atomic E-state index is 13.2. The number of carbonyl (C=O) groups is 2. The van der Waals surface area contributed by atoms with Gasteiger partial charge in [0.25, 0.3) is 0 Å². The zero-order chi connectivity index (χ0) is 22.3. The summed E-state index contributed by atoms with van der Waals surface area (Å²) in [6, 6.07) is 10.5. The predicted octanol–water partition coefficient (Wildman–Crippen LogP) is 3.18. The Hall–Kier alpha value is -2.87. The van der Waals surface area contributed by atoms with Gasteiger partial charge in [0, 0.05) is 37.2 Å². The number of benzene rings is 1. The maximum atomic E-state index is 13.2. The van der Waals surface area contributed by atoms with E-state index < -0.39 is 5.54 Å². The van der Waals surface area contributed by atoms with Gasteiger partial charge < -0.3 is 15.5 Å². The van der Waals surface area contributed by atoms with Crippen LogP contribution < -0.4 is 10.6 Å². The van der Waals surface area contributed by atoms with E-state index in [2.05, 4.69) is 50.0 Å². The number of aromatic amines is 1. The molecule has 0 spiro atoms. The highest BCUT2D eigenvalue weighted by Gasteiger charge is 2.44. The third-order valence-corrected chi connectivity index (χ3v) is 7.28. The number of likely N-dealkylation sites (tertiary alicyclic amines) is 1. The maximum Gasteiger partial charge on any atom is 0.318 e. The van der Waals surface area contributed by atoms with Crippen LogP contribution in [0.15, 0.2) is 30.3 Å². The lowest BCUT2D eigenvalue weighted by molar-refractivity contribution is -0.122. The molecule has 0 unspecified atom stereocenters. The van der Waals surface area contributed by atoms with Crippen molar-refractivity contribution in [2.24, 2.45) is 5.92 Å². The van der Waals surface area contributed by atoms with Crippen LogP contribution >= 0.6 is 0 Å². The fraction of sp³-hybridized carbons (Fsp3) is 0.542. The molecule has 1 saturated heterocycles. The first kappa shape index (κ1) is 21.0. The van der Waals surface area contributed by atoms with Gasteiger partial charge in [0.2, 0.25) is 5.91 Å². The fourth-order valence-electron chi connectivity index (χ4n) is 5.02. The van der Waals surface area contributed by atoms with Crippen LogP contribution in [0.1, 0.15) is 56.4 Å². The molecule has 1 saturated carbocycles. The molecule has 0 radical (unpaired) electrons. The van der Waals surface area contributed by atoms with Gasteiger partial charge in [0.1, 0.15) is 0 Å². The summed E-state index contributed by atoms with van der Waals surface area (Å²) >= 11 is 0. The number of hydrogen-bond acceptors (Lipinski definition) is 4. The van der Waals surface area contributed by atoms with Crippen LogP contribution in [0, 0.1) is 5.92 Å². The van der Waals surface area contributed by atoms with E-state index in [4.69, 9.17) is 0 Å². The van der Waals surface area contributed by atoms with Crippen LogP contribution in [0.5, 0.6) is 0 Å². The molecule has 32 heavy (non-hydrogen) atoms. The highest BCUT2D eigenvalue weighted by atomic mass is 16.2. The molecule has 1 aromatic heterocycles. The number of hydrogen-bond donors (Lipinski definition) is 3. The zero-order valence-electron chi connectivity index (χ0n) is 18.9. The van der Waals surface area contributed by atoms with Gasteiger partial charge >= 0.3 is 6.03 Å². The Labute approximate surface area is 188 Å². The quantitative estimate of drug-likeness (QED) is 0.671. The minimum Gasteiger partial charge on any atom is -0.334 e. The summed E-state index contributed by atoms with van der Waals surface area (Å²) in [6.45, 7) is 7.21. The average molecular weight is 437 g/mol. The number of aromatic nitrogens is 2. The van der Waals surface area contributed by atoms with Crippen molar-refractivity contribution in [1.29, 1.82) is 0 Å². The van der Waals surface area contributed by atoms with Crippen molar-refractivity contribution in [2.75, 3.05) is 18.4 Å². The first-order valence-electron chi connectivity index (χ1n) is 11.6. The van der Waals surface area contributed by atoms with Crippen molar-refractivity contribution >= 4 is 17.8 Å². The molecule has 1 aromatic carbocycles. The van der Waals surface area contributed by atoms with Gasteiger partial charge in [-0.2, -0.15) is 5.10 Å². The first-order valence-corrected chi connectivity index (χ1v) is 11.6. The summed E-state index contributed by atoms with van der Waals surface area (Å²) in [5.74, 6) is 0.697. The van der Waals surface area contributed by atoms with E-state index in [1.807, 2.05) is 24.8 Å². The Kier molecular flexibility index (Phi) is 5.41. The SMILES string of the molecule is CC1(C)c2[nH]nc(NC(=O)C3CCC3)c2CN1C(=O)N[C@@H]1CCN(Cc2ccccc2)C1. The van der Waals surface area contributed by atoms with Crippen LogP contribution in [-0.4, -0.2) is 51.1 Å². The molecule has 3 heterocycles. The minimum absolute atomic E-state index is 0.0377. The summed E-state index contributed by atoms with van der Waals surface area (Å²) in [4.78, 5) is 29.8.